The SMILES string of the molecule is Cc1ccc(C(=O)N(C)Cc2c(F)cccc2Cl)cc1S(=O)(=O)N1CCOCC1. The molecule has 0 unspecified atom stereocenters. The molecule has 0 bridgehead atoms. The third-order valence-electron chi connectivity index (χ3n) is 4.83. The predicted molar refractivity (Wildman–Crippen MR) is 108 cm³/mol. The number of morpholine rings is 1. The molecule has 1 aliphatic heterocycles. The number of carbonyl (C=O) groups is 1. The maximum Gasteiger partial charge on any atom is 0.253 e. The number of hydrogen-bond donors (Lipinski definition) is 0. The van der Waals surface area contributed by atoms with Crippen LogP contribution in [0.5, 0.6) is 0 Å². The van der Waals surface area contributed by atoms with Crippen molar-refractivity contribution in [1.29, 1.82) is 0 Å². The van der Waals surface area contributed by atoms with Gasteiger partial charge in [0.1, 0.15) is 5.82 Å². The van der Waals surface area contributed by atoms with Gasteiger partial charge < -0.3 is 9.64 Å². The van der Waals surface area contributed by atoms with Crippen LogP contribution < -0.4 is 0 Å². The lowest BCUT2D eigenvalue weighted by Crippen LogP contribution is -2.41. The van der Waals surface area contributed by atoms with Crippen LogP contribution in [0.4, 0.5) is 4.39 Å². The first-order valence-electron chi connectivity index (χ1n) is 9.08. The van der Waals surface area contributed by atoms with Gasteiger partial charge in [-0.1, -0.05) is 23.7 Å². The Hall–Kier alpha value is -2.00. The van der Waals surface area contributed by atoms with Gasteiger partial charge in [0.05, 0.1) is 18.1 Å². The second-order valence-electron chi connectivity index (χ2n) is 6.86. The van der Waals surface area contributed by atoms with Crippen LogP contribution in [0, 0.1) is 12.7 Å². The molecule has 0 N–H and O–H groups in total. The van der Waals surface area contributed by atoms with Gasteiger partial charge in [-0.25, -0.2) is 12.8 Å². The molecule has 156 valence electrons. The van der Waals surface area contributed by atoms with E-state index in [1.807, 2.05) is 0 Å². The molecule has 29 heavy (non-hydrogen) atoms. The van der Waals surface area contributed by atoms with E-state index in [2.05, 4.69) is 0 Å². The van der Waals surface area contributed by atoms with E-state index >= 15 is 0 Å². The van der Waals surface area contributed by atoms with Gasteiger partial charge in [0.15, 0.2) is 0 Å². The largest absolute Gasteiger partial charge is 0.379 e. The molecule has 0 atom stereocenters. The van der Waals surface area contributed by atoms with Crippen molar-refractivity contribution in [3.05, 3.63) is 63.9 Å². The molecule has 1 saturated heterocycles. The Kier molecular flexibility index (Phi) is 6.58. The molecule has 1 heterocycles. The third kappa shape index (κ3) is 4.61. The Morgan fingerprint density at radius 2 is 1.93 bits per heavy atom. The molecule has 0 spiro atoms. The molecule has 6 nitrogen and oxygen atoms in total. The fraction of sp³-hybridized carbons (Fsp3) is 0.350. The number of sulfonamides is 1. The molecular weight excluding hydrogens is 419 g/mol. The highest BCUT2D eigenvalue weighted by Crippen LogP contribution is 2.24. The number of amides is 1. The molecule has 9 heteroatoms. The van der Waals surface area contributed by atoms with Crippen molar-refractivity contribution in [3.8, 4) is 0 Å². The van der Waals surface area contributed by atoms with Crippen molar-refractivity contribution in [3.63, 3.8) is 0 Å². The smallest absolute Gasteiger partial charge is 0.253 e. The summed E-state index contributed by atoms with van der Waals surface area (Å²) in [7, 11) is -2.23. The normalized spacial score (nSPS) is 15.3. The maximum absolute atomic E-state index is 14.0. The highest BCUT2D eigenvalue weighted by molar-refractivity contribution is 7.89. The number of ether oxygens (including phenoxy) is 1. The summed E-state index contributed by atoms with van der Waals surface area (Å²) in [5.41, 5.74) is 0.962. The van der Waals surface area contributed by atoms with Crippen molar-refractivity contribution in [1.82, 2.24) is 9.21 Å². The Morgan fingerprint density at radius 1 is 1.24 bits per heavy atom. The van der Waals surface area contributed by atoms with Crippen molar-refractivity contribution >= 4 is 27.5 Å². The van der Waals surface area contributed by atoms with E-state index in [9.17, 15) is 17.6 Å². The van der Waals surface area contributed by atoms with E-state index in [0.717, 1.165) is 0 Å². The zero-order valence-electron chi connectivity index (χ0n) is 16.2. The molecule has 1 amide bonds. The van der Waals surface area contributed by atoms with E-state index in [1.54, 1.807) is 25.1 Å². The van der Waals surface area contributed by atoms with Gasteiger partial charge in [0, 0.05) is 42.8 Å². The van der Waals surface area contributed by atoms with Gasteiger partial charge in [-0.2, -0.15) is 4.31 Å². The van der Waals surface area contributed by atoms with Crippen LogP contribution in [0.15, 0.2) is 41.3 Å². The summed E-state index contributed by atoms with van der Waals surface area (Å²) in [4.78, 5) is 14.3. The zero-order chi connectivity index (χ0) is 21.2. The summed E-state index contributed by atoms with van der Waals surface area (Å²) in [6.45, 7) is 2.86. The summed E-state index contributed by atoms with van der Waals surface area (Å²) in [5.74, 6) is -0.931. The number of benzene rings is 2. The van der Waals surface area contributed by atoms with E-state index in [4.69, 9.17) is 16.3 Å². The quantitative estimate of drug-likeness (QED) is 0.716. The average Bonchev–Trinajstić information content (AvgIpc) is 2.71. The summed E-state index contributed by atoms with van der Waals surface area (Å²) >= 11 is 6.04. The Labute approximate surface area is 174 Å². The van der Waals surface area contributed by atoms with Crippen molar-refractivity contribution < 1.29 is 22.3 Å². The van der Waals surface area contributed by atoms with Crippen molar-refractivity contribution in [2.24, 2.45) is 0 Å². The van der Waals surface area contributed by atoms with Crippen LogP contribution in [0.1, 0.15) is 21.5 Å². The van der Waals surface area contributed by atoms with Crippen LogP contribution in [0.2, 0.25) is 5.02 Å². The molecule has 1 aliphatic rings. The van der Waals surface area contributed by atoms with Gasteiger partial charge in [0.25, 0.3) is 5.91 Å². The summed E-state index contributed by atoms with van der Waals surface area (Å²) < 4.78 is 46.6. The van der Waals surface area contributed by atoms with Gasteiger partial charge in [-0.3, -0.25) is 4.79 Å². The second kappa shape index (κ2) is 8.79. The van der Waals surface area contributed by atoms with Crippen LogP contribution in [0.25, 0.3) is 0 Å². The molecule has 0 aliphatic carbocycles. The van der Waals surface area contributed by atoms with E-state index in [0.29, 0.717) is 18.8 Å². The maximum atomic E-state index is 14.0. The van der Waals surface area contributed by atoms with Crippen LogP contribution >= 0.6 is 11.6 Å². The number of carbonyl (C=O) groups excluding carboxylic acids is 1. The minimum atomic E-state index is -3.75. The first-order valence-corrected chi connectivity index (χ1v) is 10.9. The number of nitrogens with zero attached hydrogens (tertiary/aromatic N) is 2. The average molecular weight is 441 g/mol. The molecule has 0 saturated carbocycles. The molecule has 0 radical (unpaired) electrons. The Balaban J connectivity index is 1.87. The number of rotatable bonds is 5. The molecule has 3 rings (SSSR count). The lowest BCUT2D eigenvalue weighted by atomic mass is 10.1. The Bertz CT molecular complexity index is 1000. The topological polar surface area (TPSA) is 66.9 Å². The first-order chi connectivity index (χ1) is 13.7. The fourth-order valence-electron chi connectivity index (χ4n) is 3.15. The standard InChI is InChI=1S/C20H22ClFN2O4S/c1-14-6-7-15(12-19(14)29(26,27)24-8-10-28-11-9-24)20(25)23(2)13-16-17(21)4-3-5-18(16)22/h3-7,12H,8-11,13H2,1-2H3. The minimum Gasteiger partial charge on any atom is -0.379 e. The molecule has 2 aromatic rings. The highest BCUT2D eigenvalue weighted by Gasteiger charge is 2.29. The molecule has 1 fully saturated rings. The summed E-state index contributed by atoms with van der Waals surface area (Å²) in [5, 5.41) is 0.226. The highest BCUT2D eigenvalue weighted by atomic mass is 35.5. The molecular formula is C20H22ClFN2O4S. The second-order valence-corrected chi connectivity index (χ2v) is 9.17. The van der Waals surface area contributed by atoms with E-state index in [-0.39, 0.29) is 40.7 Å². The molecule has 2 aromatic carbocycles. The van der Waals surface area contributed by atoms with Crippen molar-refractivity contribution in [2.45, 2.75) is 18.4 Å². The van der Waals surface area contributed by atoms with Crippen LogP contribution in [0.3, 0.4) is 0 Å². The lowest BCUT2D eigenvalue weighted by Gasteiger charge is -2.27. The van der Waals surface area contributed by atoms with Crippen molar-refractivity contribution in [2.75, 3.05) is 33.4 Å². The number of hydrogen-bond acceptors (Lipinski definition) is 4. The van der Waals surface area contributed by atoms with Gasteiger partial charge in [0.2, 0.25) is 10.0 Å². The zero-order valence-corrected chi connectivity index (χ0v) is 17.8. The van der Waals surface area contributed by atoms with E-state index in [1.165, 1.54) is 34.5 Å². The van der Waals surface area contributed by atoms with Gasteiger partial charge in [-0.15, -0.1) is 0 Å². The lowest BCUT2D eigenvalue weighted by molar-refractivity contribution is 0.0730. The van der Waals surface area contributed by atoms with Gasteiger partial charge in [-0.05, 0) is 36.8 Å². The number of aryl methyl sites for hydroxylation is 1. The monoisotopic (exact) mass is 440 g/mol. The number of halogens is 2. The fourth-order valence-corrected chi connectivity index (χ4v) is 5.03. The Morgan fingerprint density at radius 3 is 2.59 bits per heavy atom. The summed E-state index contributed by atoms with van der Waals surface area (Å²) in [6, 6.07) is 8.86. The first kappa shape index (κ1) is 21.7. The van der Waals surface area contributed by atoms with E-state index < -0.39 is 21.7 Å². The molecule has 0 aromatic heterocycles. The predicted octanol–water partition coefficient (Wildman–Crippen LogP) is 3.08. The van der Waals surface area contributed by atoms with Crippen LogP contribution in [-0.2, 0) is 21.3 Å². The van der Waals surface area contributed by atoms with Crippen LogP contribution in [-0.4, -0.2) is 56.9 Å². The third-order valence-corrected chi connectivity index (χ3v) is 7.22. The summed E-state index contributed by atoms with van der Waals surface area (Å²) in [6.07, 6.45) is 0. The minimum absolute atomic E-state index is 0.0379. The van der Waals surface area contributed by atoms with Gasteiger partial charge >= 0.3 is 0 Å².